The first kappa shape index (κ1) is 16.0. The van der Waals surface area contributed by atoms with Crippen molar-refractivity contribution in [2.24, 2.45) is 0 Å². The molecule has 1 heterocycles. The highest BCUT2D eigenvalue weighted by molar-refractivity contribution is 9.10. The van der Waals surface area contributed by atoms with Gasteiger partial charge in [-0.15, -0.1) is 0 Å². The lowest BCUT2D eigenvalue weighted by atomic mass is 10.1. The van der Waals surface area contributed by atoms with Gasteiger partial charge in [-0.2, -0.15) is 0 Å². The molecule has 2 aromatic rings. The Hall–Kier alpha value is -1.39. The Balaban J connectivity index is 2.16. The number of hydrogen-bond acceptors (Lipinski definition) is 3. The van der Waals surface area contributed by atoms with E-state index in [1.165, 1.54) is 5.56 Å². The highest BCUT2D eigenvalue weighted by atomic mass is 79.9. The van der Waals surface area contributed by atoms with E-state index in [2.05, 4.69) is 59.1 Å². The van der Waals surface area contributed by atoms with Crippen LogP contribution in [0, 0.1) is 6.92 Å². The molecule has 0 saturated carbocycles. The van der Waals surface area contributed by atoms with Crippen LogP contribution in [0.25, 0.3) is 0 Å². The van der Waals surface area contributed by atoms with E-state index in [9.17, 15) is 0 Å². The Morgan fingerprint density at radius 2 is 2.14 bits per heavy atom. The van der Waals surface area contributed by atoms with Crippen molar-refractivity contribution in [2.45, 2.75) is 40.0 Å². The molecule has 4 heteroatoms. The summed E-state index contributed by atoms with van der Waals surface area (Å²) in [5.74, 6) is 0.954. The summed E-state index contributed by atoms with van der Waals surface area (Å²) in [7, 11) is 0. The molecule has 0 unspecified atom stereocenters. The lowest BCUT2D eigenvalue weighted by Crippen LogP contribution is -2.22. The van der Waals surface area contributed by atoms with Crippen LogP contribution in [-0.2, 0) is 13.2 Å². The molecule has 2 rings (SSSR count). The maximum Gasteiger partial charge on any atom is 0.127 e. The number of rotatable bonds is 6. The number of pyridine rings is 1. The molecule has 0 bridgehead atoms. The van der Waals surface area contributed by atoms with Crippen LogP contribution in [0.15, 0.2) is 41.1 Å². The maximum absolute atomic E-state index is 6.04. The van der Waals surface area contributed by atoms with Crippen molar-refractivity contribution >= 4 is 15.9 Å². The third kappa shape index (κ3) is 4.83. The zero-order valence-corrected chi connectivity index (χ0v) is 14.3. The smallest absolute Gasteiger partial charge is 0.127 e. The van der Waals surface area contributed by atoms with Gasteiger partial charge in [0.2, 0.25) is 0 Å². The van der Waals surface area contributed by atoms with Gasteiger partial charge in [0.25, 0.3) is 0 Å². The van der Waals surface area contributed by atoms with Gasteiger partial charge in [0, 0.05) is 40.6 Å². The van der Waals surface area contributed by atoms with Gasteiger partial charge in [-0.05, 0) is 30.7 Å². The lowest BCUT2D eigenvalue weighted by Gasteiger charge is -2.16. The Labute approximate surface area is 134 Å². The minimum Gasteiger partial charge on any atom is -0.488 e. The molecule has 21 heavy (non-hydrogen) atoms. The number of ether oxygens (including phenoxy) is 1. The number of nitrogens with zero attached hydrogens (tertiary/aromatic N) is 1. The molecule has 0 saturated heterocycles. The average molecular weight is 349 g/mol. The van der Waals surface area contributed by atoms with Crippen molar-refractivity contribution in [1.82, 2.24) is 10.3 Å². The highest BCUT2D eigenvalue weighted by Gasteiger charge is 2.10. The summed E-state index contributed by atoms with van der Waals surface area (Å²) in [6.45, 7) is 7.68. The van der Waals surface area contributed by atoms with Crippen LogP contribution in [-0.4, -0.2) is 11.0 Å². The molecule has 3 nitrogen and oxygen atoms in total. The topological polar surface area (TPSA) is 34.1 Å². The first-order valence-electron chi connectivity index (χ1n) is 7.10. The standard InChI is InChI=1S/C17H21BrN2O/c1-12(2)20-10-15-8-16(18)7-13(3)17(15)21-11-14-5-4-6-19-9-14/h4-9,12,20H,10-11H2,1-3H3. The van der Waals surface area contributed by atoms with E-state index in [1.807, 2.05) is 18.3 Å². The Kier molecular flexibility index (Phi) is 5.76. The molecule has 0 aliphatic carbocycles. The van der Waals surface area contributed by atoms with Gasteiger partial charge in [-0.3, -0.25) is 4.98 Å². The number of aromatic nitrogens is 1. The second-order valence-electron chi connectivity index (χ2n) is 5.40. The summed E-state index contributed by atoms with van der Waals surface area (Å²) in [4.78, 5) is 4.12. The van der Waals surface area contributed by atoms with Crippen LogP contribution >= 0.6 is 15.9 Å². The third-order valence-corrected chi connectivity index (χ3v) is 3.58. The lowest BCUT2D eigenvalue weighted by molar-refractivity contribution is 0.299. The largest absolute Gasteiger partial charge is 0.488 e. The fourth-order valence-corrected chi connectivity index (χ4v) is 2.71. The minimum atomic E-state index is 0.440. The van der Waals surface area contributed by atoms with E-state index in [0.717, 1.165) is 27.9 Å². The van der Waals surface area contributed by atoms with Crippen molar-refractivity contribution in [2.75, 3.05) is 0 Å². The fraction of sp³-hybridized carbons (Fsp3) is 0.353. The first-order chi connectivity index (χ1) is 10.1. The molecule has 0 fully saturated rings. The molecular weight excluding hydrogens is 328 g/mol. The van der Waals surface area contributed by atoms with Crippen molar-refractivity contribution in [3.63, 3.8) is 0 Å². The molecule has 0 aliphatic heterocycles. The van der Waals surface area contributed by atoms with E-state index in [4.69, 9.17) is 4.74 Å². The van der Waals surface area contributed by atoms with E-state index in [0.29, 0.717) is 12.6 Å². The second kappa shape index (κ2) is 7.57. The summed E-state index contributed by atoms with van der Waals surface area (Å²) < 4.78 is 7.12. The third-order valence-electron chi connectivity index (χ3n) is 3.12. The first-order valence-corrected chi connectivity index (χ1v) is 7.89. The van der Waals surface area contributed by atoms with Crippen LogP contribution in [0.5, 0.6) is 5.75 Å². The molecule has 0 atom stereocenters. The van der Waals surface area contributed by atoms with Crippen LogP contribution in [0.1, 0.15) is 30.5 Å². The number of nitrogens with one attached hydrogen (secondary N) is 1. The molecule has 1 aromatic carbocycles. The molecule has 112 valence electrons. The van der Waals surface area contributed by atoms with E-state index >= 15 is 0 Å². The summed E-state index contributed by atoms with van der Waals surface area (Å²) in [5, 5.41) is 3.44. The summed E-state index contributed by atoms with van der Waals surface area (Å²) >= 11 is 3.56. The number of aryl methyl sites for hydroxylation is 1. The monoisotopic (exact) mass is 348 g/mol. The molecule has 1 N–H and O–H groups in total. The predicted molar refractivity (Wildman–Crippen MR) is 89.4 cm³/mol. The van der Waals surface area contributed by atoms with Gasteiger partial charge in [0.15, 0.2) is 0 Å². The number of halogens is 1. The van der Waals surface area contributed by atoms with Gasteiger partial charge in [0.1, 0.15) is 12.4 Å². The van der Waals surface area contributed by atoms with Crippen LogP contribution in [0.4, 0.5) is 0 Å². The van der Waals surface area contributed by atoms with Gasteiger partial charge < -0.3 is 10.1 Å². The molecule has 0 spiro atoms. The second-order valence-corrected chi connectivity index (χ2v) is 6.31. The van der Waals surface area contributed by atoms with Crippen LogP contribution in [0.2, 0.25) is 0 Å². The van der Waals surface area contributed by atoms with E-state index in [-0.39, 0.29) is 0 Å². The summed E-state index contributed by atoms with van der Waals surface area (Å²) in [6, 6.07) is 8.58. The van der Waals surface area contributed by atoms with Crippen molar-refractivity contribution in [3.8, 4) is 5.75 Å². The average Bonchev–Trinajstić information content (AvgIpc) is 2.45. The van der Waals surface area contributed by atoms with Crippen LogP contribution in [0.3, 0.4) is 0 Å². The van der Waals surface area contributed by atoms with E-state index < -0.39 is 0 Å². The normalized spacial score (nSPS) is 10.9. The van der Waals surface area contributed by atoms with Crippen molar-refractivity contribution < 1.29 is 4.74 Å². The Bertz CT molecular complexity index is 585. The SMILES string of the molecule is Cc1cc(Br)cc(CNC(C)C)c1OCc1cccnc1. The zero-order valence-electron chi connectivity index (χ0n) is 12.7. The van der Waals surface area contributed by atoms with E-state index in [1.54, 1.807) is 6.20 Å². The highest BCUT2D eigenvalue weighted by Crippen LogP contribution is 2.29. The fourth-order valence-electron chi connectivity index (χ4n) is 2.09. The van der Waals surface area contributed by atoms with Gasteiger partial charge in [-0.25, -0.2) is 0 Å². The van der Waals surface area contributed by atoms with Gasteiger partial charge in [0.05, 0.1) is 0 Å². The summed E-state index contributed by atoms with van der Waals surface area (Å²) in [6.07, 6.45) is 3.60. The van der Waals surface area contributed by atoms with Crippen LogP contribution < -0.4 is 10.1 Å². The molecule has 0 amide bonds. The molecular formula is C17H21BrN2O. The Morgan fingerprint density at radius 3 is 2.81 bits per heavy atom. The molecule has 0 aliphatic rings. The zero-order chi connectivity index (χ0) is 15.2. The maximum atomic E-state index is 6.04. The molecule has 0 radical (unpaired) electrons. The summed E-state index contributed by atoms with van der Waals surface area (Å²) in [5.41, 5.74) is 3.37. The number of hydrogen-bond donors (Lipinski definition) is 1. The van der Waals surface area contributed by atoms with Gasteiger partial charge in [-0.1, -0.05) is 35.8 Å². The van der Waals surface area contributed by atoms with Gasteiger partial charge >= 0.3 is 0 Å². The van der Waals surface area contributed by atoms with Crippen molar-refractivity contribution in [1.29, 1.82) is 0 Å². The minimum absolute atomic E-state index is 0.440. The number of benzene rings is 1. The molecule has 1 aromatic heterocycles. The predicted octanol–water partition coefficient (Wildman–Crippen LogP) is 4.23. The Morgan fingerprint density at radius 1 is 1.33 bits per heavy atom. The van der Waals surface area contributed by atoms with Crippen molar-refractivity contribution in [3.05, 3.63) is 57.8 Å². The quantitative estimate of drug-likeness (QED) is 0.848.